The second-order valence-corrected chi connectivity index (χ2v) is 10.1. The number of nitrogens with one attached hydrogen (secondary N) is 2. The average molecular weight is 619 g/mol. The summed E-state index contributed by atoms with van der Waals surface area (Å²) in [6, 6.07) is 18.5. The van der Waals surface area contributed by atoms with E-state index in [2.05, 4.69) is 88.0 Å². The largest absolute Gasteiger partial charge is 0.410 e. The summed E-state index contributed by atoms with van der Waals surface area (Å²) in [7, 11) is 2.11. The van der Waals surface area contributed by atoms with Gasteiger partial charge in [-0.25, -0.2) is 9.97 Å². The first-order chi connectivity index (χ1) is 21.5. The molecule has 0 radical (unpaired) electrons. The van der Waals surface area contributed by atoms with E-state index >= 15 is 0 Å². The molecular formula is C36H54N6OS. The molecule has 0 aliphatic heterocycles. The molecule has 0 aliphatic carbocycles. The van der Waals surface area contributed by atoms with Crippen LogP contribution in [0.2, 0.25) is 0 Å². The zero-order chi connectivity index (χ0) is 33.1. The summed E-state index contributed by atoms with van der Waals surface area (Å²) in [6.45, 7) is 23.5. The maximum atomic E-state index is 9.91. The molecule has 240 valence electrons. The fraction of sp³-hybridized carbons (Fsp3) is 0.417. The fourth-order valence-electron chi connectivity index (χ4n) is 4.47. The van der Waals surface area contributed by atoms with Gasteiger partial charge in [-0.1, -0.05) is 90.9 Å². The van der Waals surface area contributed by atoms with Crippen molar-refractivity contribution >= 4 is 53.9 Å². The first kappa shape index (κ1) is 38.3. The van der Waals surface area contributed by atoms with Gasteiger partial charge in [0, 0.05) is 57.4 Å². The second-order valence-electron chi connectivity index (χ2n) is 9.08. The van der Waals surface area contributed by atoms with Crippen LogP contribution in [0.25, 0.3) is 31.1 Å². The highest BCUT2D eigenvalue weighted by Gasteiger charge is 2.12. The number of fused-ring (bicyclic) bond motifs is 3. The molecular weight excluding hydrogens is 565 g/mol. The van der Waals surface area contributed by atoms with Gasteiger partial charge >= 0.3 is 0 Å². The first-order valence-electron chi connectivity index (χ1n) is 16.1. The Balaban J connectivity index is 0.00000112. The van der Waals surface area contributed by atoms with Gasteiger partial charge < -0.3 is 20.7 Å². The van der Waals surface area contributed by atoms with Gasteiger partial charge in [0.15, 0.2) is 0 Å². The van der Waals surface area contributed by atoms with Crippen molar-refractivity contribution in [2.45, 2.75) is 69.2 Å². The van der Waals surface area contributed by atoms with Crippen molar-refractivity contribution in [2.75, 3.05) is 43.9 Å². The van der Waals surface area contributed by atoms with Crippen molar-refractivity contribution in [1.82, 2.24) is 14.9 Å². The van der Waals surface area contributed by atoms with Crippen LogP contribution in [0.4, 0.5) is 11.5 Å². The van der Waals surface area contributed by atoms with Gasteiger partial charge in [-0.2, -0.15) is 0 Å². The van der Waals surface area contributed by atoms with Crippen molar-refractivity contribution in [3.05, 3.63) is 77.4 Å². The maximum Gasteiger partial charge on any atom is 0.137 e. The third-order valence-electron chi connectivity index (χ3n) is 6.43. The topological polar surface area (TPSA) is 85.7 Å². The Labute approximate surface area is 269 Å². The Hall–Kier alpha value is -3.75. The Kier molecular flexibility index (Phi) is 18.3. The molecule has 3 aromatic carbocycles. The van der Waals surface area contributed by atoms with Crippen molar-refractivity contribution in [2.24, 2.45) is 5.16 Å². The Morgan fingerprint density at radius 1 is 0.795 bits per heavy atom. The van der Waals surface area contributed by atoms with E-state index in [0.29, 0.717) is 5.36 Å². The number of hydrogen-bond donors (Lipinski definition) is 3. The molecule has 0 amide bonds. The van der Waals surface area contributed by atoms with Gasteiger partial charge in [-0.15, -0.1) is 11.3 Å². The summed E-state index contributed by atoms with van der Waals surface area (Å²) in [5, 5.41) is 24.2. The lowest BCUT2D eigenvalue weighted by atomic mass is 10.1. The predicted octanol–water partition coefficient (Wildman–Crippen LogP) is 9.47. The quantitative estimate of drug-likeness (QED) is 0.0912. The molecule has 0 fully saturated rings. The number of hydrogen-bond acceptors (Lipinski definition) is 8. The minimum absolute atomic E-state index is 0.621. The van der Waals surface area contributed by atoms with Crippen LogP contribution in [0.3, 0.4) is 0 Å². The number of rotatable bonds is 8. The van der Waals surface area contributed by atoms with Crippen LogP contribution < -0.4 is 16.0 Å². The Morgan fingerprint density at radius 3 is 2.14 bits per heavy atom. The van der Waals surface area contributed by atoms with Crippen molar-refractivity contribution in [1.29, 1.82) is 0 Å². The van der Waals surface area contributed by atoms with Crippen LogP contribution in [0, 0.1) is 13.8 Å². The molecule has 0 saturated heterocycles. The molecule has 5 aromatic rings. The molecule has 2 heterocycles. The minimum atomic E-state index is 0.621. The molecule has 0 spiro atoms. The van der Waals surface area contributed by atoms with E-state index in [-0.39, 0.29) is 0 Å². The number of benzene rings is 3. The average Bonchev–Trinajstić information content (AvgIpc) is 3.08. The Bertz CT molecular complexity index is 1620. The highest BCUT2D eigenvalue weighted by Crippen LogP contribution is 2.31. The van der Waals surface area contributed by atoms with Gasteiger partial charge in [0.2, 0.25) is 0 Å². The molecule has 8 heteroatoms. The lowest BCUT2D eigenvalue weighted by Gasteiger charge is -2.19. The molecule has 5 rings (SSSR count). The molecule has 0 atom stereocenters. The summed E-state index contributed by atoms with van der Waals surface area (Å²) in [5.74, 6) is 0.867. The summed E-state index contributed by atoms with van der Waals surface area (Å²) in [5.41, 5.74) is 4.30. The number of aromatic nitrogens is 2. The third-order valence-corrected chi connectivity index (χ3v) is 7.74. The molecule has 44 heavy (non-hydrogen) atoms. The molecule has 0 saturated carbocycles. The standard InChI is InChI=1S/C28H30N6OS.4C2H6/c1-18-8-10-20-23(16-18)31-17-32-28(20)30-13-15-34(3)14-12-29-22-11-9-19(2)27-25(22)26(33-35)21-6-4-5-7-24(21)36-27;4*1-2/h4-11,16-17,29,35H,12-15H2,1-3H3,(H,30,31,32);4*1-2H3/b33-26+;;;;. The van der Waals surface area contributed by atoms with Crippen molar-refractivity contribution < 1.29 is 5.21 Å². The van der Waals surface area contributed by atoms with Crippen LogP contribution >= 0.6 is 11.3 Å². The molecule has 3 N–H and O–H groups in total. The minimum Gasteiger partial charge on any atom is -0.410 e. The maximum absolute atomic E-state index is 9.91. The van der Waals surface area contributed by atoms with E-state index in [0.717, 1.165) is 68.8 Å². The van der Waals surface area contributed by atoms with Gasteiger partial charge in [0.05, 0.1) is 5.52 Å². The molecule has 2 aromatic heterocycles. The number of aryl methyl sites for hydroxylation is 2. The van der Waals surface area contributed by atoms with Gasteiger partial charge in [0.1, 0.15) is 17.5 Å². The normalized spacial score (nSPS) is 10.5. The molecule has 0 bridgehead atoms. The van der Waals surface area contributed by atoms with Crippen molar-refractivity contribution in [3.63, 3.8) is 0 Å². The van der Waals surface area contributed by atoms with E-state index in [9.17, 15) is 5.21 Å². The van der Waals surface area contributed by atoms with Gasteiger partial charge in [-0.05, 0) is 56.3 Å². The van der Waals surface area contributed by atoms with Crippen LogP contribution in [-0.4, -0.2) is 53.3 Å². The zero-order valence-electron chi connectivity index (χ0n) is 28.7. The van der Waals surface area contributed by atoms with Crippen LogP contribution in [0.5, 0.6) is 0 Å². The zero-order valence-corrected chi connectivity index (χ0v) is 29.6. The summed E-state index contributed by atoms with van der Waals surface area (Å²) < 4.78 is 2.24. The first-order valence-corrected chi connectivity index (χ1v) is 16.9. The summed E-state index contributed by atoms with van der Waals surface area (Å²) in [4.78, 5) is 11.1. The predicted molar refractivity (Wildman–Crippen MR) is 196 cm³/mol. The SMILES string of the molecule is CC.CC.CC.CC.Cc1ccc2c(NCCN(C)CCNc3ccc(C)c4sc5ccccc5/c(=N\O)c34)ncnc2c1. The van der Waals surface area contributed by atoms with E-state index in [1.165, 1.54) is 11.1 Å². The van der Waals surface area contributed by atoms with E-state index in [1.54, 1.807) is 17.7 Å². The number of likely N-dealkylation sites (N-methyl/N-ethyl adjacent to an activating group) is 1. The monoisotopic (exact) mass is 618 g/mol. The van der Waals surface area contributed by atoms with E-state index in [4.69, 9.17) is 0 Å². The molecule has 7 nitrogen and oxygen atoms in total. The smallest absolute Gasteiger partial charge is 0.137 e. The third kappa shape index (κ3) is 9.89. The highest BCUT2D eigenvalue weighted by molar-refractivity contribution is 7.24. The summed E-state index contributed by atoms with van der Waals surface area (Å²) >= 11 is 1.73. The fourth-order valence-corrected chi connectivity index (χ4v) is 5.65. The van der Waals surface area contributed by atoms with Crippen LogP contribution in [0.1, 0.15) is 66.5 Å². The molecule has 0 aliphatic rings. The number of nitrogens with zero attached hydrogens (tertiary/aromatic N) is 4. The van der Waals surface area contributed by atoms with Crippen molar-refractivity contribution in [3.8, 4) is 0 Å². The molecule has 0 unspecified atom stereocenters. The van der Waals surface area contributed by atoms with Gasteiger partial charge in [0.25, 0.3) is 0 Å². The second kappa shape index (κ2) is 21.0. The highest BCUT2D eigenvalue weighted by atomic mass is 32.1. The summed E-state index contributed by atoms with van der Waals surface area (Å²) in [6.07, 6.45) is 1.61. The van der Waals surface area contributed by atoms with Crippen LogP contribution in [0.15, 0.2) is 66.1 Å². The van der Waals surface area contributed by atoms with E-state index in [1.807, 2.05) is 73.6 Å². The number of anilines is 2. The van der Waals surface area contributed by atoms with Crippen LogP contribution in [-0.2, 0) is 0 Å². The lowest BCUT2D eigenvalue weighted by Crippen LogP contribution is -2.30. The van der Waals surface area contributed by atoms with E-state index < -0.39 is 0 Å². The lowest BCUT2D eigenvalue weighted by molar-refractivity contribution is 0.304. The Morgan fingerprint density at radius 2 is 1.45 bits per heavy atom. The van der Waals surface area contributed by atoms with Gasteiger partial charge in [-0.3, -0.25) is 0 Å².